The average molecular weight is 270 g/mol. The highest BCUT2D eigenvalue weighted by atomic mass is 16.1. The van der Waals surface area contributed by atoms with Gasteiger partial charge in [-0.15, -0.1) is 0 Å². The van der Waals surface area contributed by atoms with Crippen LogP contribution < -0.4 is 10.2 Å². The highest BCUT2D eigenvalue weighted by Gasteiger charge is 2.37. The van der Waals surface area contributed by atoms with E-state index in [9.17, 15) is 4.79 Å². The molecule has 5 nitrogen and oxygen atoms in total. The van der Waals surface area contributed by atoms with E-state index < -0.39 is 0 Å². The van der Waals surface area contributed by atoms with Crippen molar-refractivity contribution in [1.29, 1.82) is 0 Å². The van der Waals surface area contributed by atoms with E-state index in [4.69, 9.17) is 0 Å². The third kappa shape index (κ3) is 2.09. The molecule has 0 spiro atoms. The van der Waals surface area contributed by atoms with E-state index in [1.165, 1.54) is 0 Å². The van der Waals surface area contributed by atoms with Crippen LogP contribution in [0.4, 0.5) is 5.82 Å². The van der Waals surface area contributed by atoms with Gasteiger partial charge in [-0.05, 0) is 38.3 Å². The Morgan fingerprint density at radius 1 is 1.55 bits per heavy atom. The molecule has 1 saturated carbocycles. The summed E-state index contributed by atoms with van der Waals surface area (Å²) in [6.07, 6.45) is 6.45. The second kappa shape index (κ2) is 5.07. The molecule has 2 aliphatic rings. The van der Waals surface area contributed by atoms with Gasteiger partial charge in [0.25, 0.3) is 5.91 Å². The van der Waals surface area contributed by atoms with Crippen molar-refractivity contribution in [3.8, 4) is 0 Å². The molecule has 1 aromatic rings. The lowest BCUT2D eigenvalue weighted by molar-refractivity contribution is 0.0966. The predicted octanol–water partition coefficient (Wildman–Crippen LogP) is 2.46. The van der Waals surface area contributed by atoms with Gasteiger partial charge in [0.1, 0.15) is 5.82 Å². The number of carbonyl (C=O) groups is 1. The molecule has 1 aromatic heterocycles. The van der Waals surface area contributed by atoms with Crippen molar-refractivity contribution in [2.24, 2.45) is 4.99 Å². The number of rotatable bonds is 3. The van der Waals surface area contributed by atoms with Crippen LogP contribution >= 0.6 is 0 Å². The average Bonchev–Trinajstić information content (AvgIpc) is 3.29. The fraction of sp³-hybridized carbons (Fsp3) is 0.400. The first-order valence-electron chi connectivity index (χ1n) is 7.03. The molecule has 5 heteroatoms. The maximum absolute atomic E-state index is 12.3. The van der Waals surface area contributed by atoms with Gasteiger partial charge in [-0.2, -0.15) is 0 Å². The Bertz CT molecular complexity index is 602. The van der Waals surface area contributed by atoms with Gasteiger partial charge in [-0.3, -0.25) is 4.79 Å². The van der Waals surface area contributed by atoms with Crippen LogP contribution in [0.15, 0.2) is 34.8 Å². The van der Waals surface area contributed by atoms with Gasteiger partial charge in [-0.25, -0.2) is 9.98 Å². The van der Waals surface area contributed by atoms with Crippen molar-refractivity contribution in [3.63, 3.8) is 0 Å². The molecule has 1 N–H and O–H groups in total. The Balaban J connectivity index is 2.20. The van der Waals surface area contributed by atoms with Crippen molar-refractivity contribution < 1.29 is 4.79 Å². The molecule has 3 rings (SSSR count). The zero-order valence-electron chi connectivity index (χ0n) is 11.8. The van der Waals surface area contributed by atoms with E-state index in [0.29, 0.717) is 11.6 Å². The number of aliphatic imine (C=N–C) groups is 1. The lowest BCUT2D eigenvalue weighted by Crippen LogP contribution is -2.27. The molecule has 2 heterocycles. The minimum atomic E-state index is -0.100. The Labute approximate surface area is 118 Å². The van der Waals surface area contributed by atoms with Crippen LogP contribution in [0.1, 0.15) is 43.5 Å². The number of hydrogen-bond acceptors (Lipinski definition) is 4. The first-order valence-corrected chi connectivity index (χ1v) is 7.03. The highest BCUT2D eigenvalue weighted by molar-refractivity contribution is 6.01. The third-order valence-corrected chi connectivity index (χ3v) is 3.54. The fourth-order valence-corrected chi connectivity index (χ4v) is 2.46. The van der Waals surface area contributed by atoms with Crippen molar-refractivity contribution in [3.05, 3.63) is 35.4 Å². The third-order valence-electron chi connectivity index (χ3n) is 3.54. The smallest absolute Gasteiger partial charge is 0.259 e. The monoisotopic (exact) mass is 270 g/mol. The molecular formula is C15H18N4O. The molecule has 1 amide bonds. The Kier molecular flexibility index (Phi) is 3.26. The van der Waals surface area contributed by atoms with Gasteiger partial charge in [0.2, 0.25) is 0 Å². The molecule has 1 fully saturated rings. The standard InChI is InChI=1S/C15H18N4O/c1-3-12-14(16-4-2)19(10-7-8-10)13-11(15(20)18-12)6-5-9-17-13/h4-6,9-10H,3,7-8H2,1-2H3,(H,18,20)/b16-4-. The predicted molar refractivity (Wildman–Crippen MR) is 78.7 cm³/mol. The van der Waals surface area contributed by atoms with Crippen molar-refractivity contribution >= 4 is 17.9 Å². The molecule has 20 heavy (non-hydrogen) atoms. The normalized spacial score (nSPS) is 19.1. The maximum Gasteiger partial charge on any atom is 0.259 e. The second-order valence-corrected chi connectivity index (χ2v) is 4.97. The van der Waals surface area contributed by atoms with Gasteiger partial charge in [0.15, 0.2) is 5.82 Å². The molecule has 1 aliphatic carbocycles. The van der Waals surface area contributed by atoms with E-state index in [-0.39, 0.29) is 5.91 Å². The summed E-state index contributed by atoms with van der Waals surface area (Å²) in [4.78, 5) is 23.4. The number of allylic oxidation sites excluding steroid dienone is 1. The maximum atomic E-state index is 12.3. The molecule has 0 saturated heterocycles. The SMILES string of the molecule is C/C=N\C1=C(CC)NC(=O)c2cccnc2N1C1CC1. The quantitative estimate of drug-likeness (QED) is 0.858. The van der Waals surface area contributed by atoms with Gasteiger partial charge in [0.05, 0.1) is 11.3 Å². The van der Waals surface area contributed by atoms with Gasteiger partial charge < -0.3 is 10.2 Å². The summed E-state index contributed by atoms with van der Waals surface area (Å²) in [7, 11) is 0. The van der Waals surface area contributed by atoms with Gasteiger partial charge >= 0.3 is 0 Å². The Hall–Kier alpha value is -2.17. The number of amides is 1. The fourth-order valence-electron chi connectivity index (χ4n) is 2.46. The van der Waals surface area contributed by atoms with E-state index >= 15 is 0 Å². The minimum absolute atomic E-state index is 0.100. The molecule has 104 valence electrons. The number of fused-ring (bicyclic) bond motifs is 1. The van der Waals surface area contributed by atoms with E-state index in [2.05, 4.69) is 20.2 Å². The van der Waals surface area contributed by atoms with Crippen molar-refractivity contribution in [2.75, 3.05) is 4.90 Å². The largest absolute Gasteiger partial charge is 0.322 e. The second-order valence-electron chi connectivity index (χ2n) is 4.97. The van der Waals surface area contributed by atoms with Crippen LogP contribution in [0.5, 0.6) is 0 Å². The Morgan fingerprint density at radius 3 is 3.00 bits per heavy atom. The molecule has 0 bridgehead atoms. The minimum Gasteiger partial charge on any atom is -0.322 e. The number of pyridine rings is 1. The molecular weight excluding hydrogens is 252 g/mol. The van der Waals surface area contributed by atoms with Crippen LogP contribution in [0, 0.1) is 0 Å². The van der Waals surface area contributed by atoms with E-state index in [1.54, 1.807) is 18.5 Å². The van der Waals surface area contributed by atoms with Crippen LogP contribution in [0.3, 0.4) is 0 Å². The molecule has 0 unspecified atom stereocenters. The number of aromatic nitrogens is 1. The number of carbonyl (C=O) groups excluding carboxylic acids is 1. The number of nitrogens with one attached hydrogen (secondary N) is 1. The molecule has 0 atom stereocenters. The highest BCUT2D eigenvalue weighted by Crippen LogP contribution is 2.38. The molecule has 0 radical (unpaired) electrons. The van der Waals surface area contributed by atoms with Crippen LogP contribution in [0.25, 0.3) is 0 Å². The lowest BCUT2D eigenvalue weighted by Gasteiger charge is -2.24. The van der Waals surface area contributed by atoms with Crippen LogP contribution in [-0.2, 0) is 0 Å². The summed E-state index contributed by atoms with van der Waals surface area (Å²) in [6, 6.07) is 4.01. The number of hydrogen-bond donors (Lipinski definition) is 1. The van der Waals surface area contributed by atoms with Crippen LogP contribution in [0.2, 0.25) is 0 Å². The zero-order chi connectivity index (χ0) is 14.1. The van der Waals surface area contributed by atoms with Gasteiger partial charge in [-0.1, -0.05) is 6.92 Å². The summed E-state index contributed by atoms with van der Waals surface area (Å²) in [5.41, 5.74) is 1.48. The first-order chi connectivity index (χ1) is 9.76. The summed E-state index contributed by atoms with van der Waals surface area (Å²) in [5.74, 6) is 1.44. The zero-order valence-corrected chi connectivity index (χ0v) is 11.8. The topological polar surface area (TPSA) is 57.6 Å². The summed E-state index contributed by atoms with van der Waals surface area (Å²) in [6.45, 7) is 3.91. The van der Waals surface area contributed by atoms with E-state index in [0.717, 1.165) is 36.6 Å². The van der Waals surface area contributed by atoms with Crippen LogP contribution in [-0.4, -0.2) is 23.1 Å². The summed E-state index contributed by atoms with van der Waals surface area (Å²) in [5, 5.41) is 2.98. The molecule has 1 aliphatic heterocycles. The number of anilines is 1. The summed E-state index contributed by atoms with van der Waals surface area (Å²) >= 11 is 0. The van der Waals surface area contributed by atoms with Crippen molar-refractivity contribution in [2.45, 2.75) is 39.2 Å². The van der Waals surface area contributed by atoms with Gasteiger partial charge in [0, 0.05) is 18.5 Å². The summed E-state index contributed by atoms with van der Waals surface area (Å²) < 4.78 is 0. The lowest BCUT2D eigenvalue weighted by atomic mass is 10.2. The number of nitrogens with zero attached hydrogens (tertiary/aromatic N) is 3. The van der Waals surface area contributed by atoms with Crippen molar-refractivity contribution in [1.82, 2.24) is 10.3 Å². The first kappa shape index (κ1) is 12.8. The Morgan fingerprint density at radius 2 is 2.35 bits per heavy atom. The van der Waals surface area contributed by atoms with E-state index in [1.807, 2.05) is 19.9 Å². The molecule has 0 aromatic carbocycles.